The molecule has 0 heterocycles. The molecule has 1 rings (SSSR count). The second kappa shape index (κ2) is 5.42. The molecular formula is C12H17NO3S. The maximum Gasteiger partial charge on any atom is 0.177 e. The van der Waals surface area contributed by atoms with Crippen molar-refractivity contribution in [2.45, 2.75) is 13.8 Å². The van der Waals surface area contributed by atoms with Crippen molar-refractivity contribution in [1.82, 2.24) is 0 Å². The Morgan fingerprint density at radius 2 is 1.88 bits per heavy atom. The van der Waals surface area contributed by atoms with Crippen molar-refractivity contribution in [3.05, 3.63) is 34.9 Å². The molecule has 0 amide bonds. The van der Waals surface area contributed by atoms with Crippen LogP contribution >= 0.6 is 0 Å². The van der Waals surface area contributed by atoms with Gasteiger partial charge in [0.15, 0.2) is 15.6 Å². The lowest BCUT2D eigenvalue weighted by molar-refractivity contribution is 0.102. The summed E-state index contributed by atoms with van der Waals surface area (Å²) in [4.78, 5) is 11.8. The molecule has 17 heavy (non-hydrogen) atoms. The van der Waals surface area contributed by atoms with E-state index < -0.39 is 15.6 Å². The molecule has 1 aromatic rings. The lowest BCUT2D eigenvalue weighted by Crippen LogP contribution is -2.23. The van der Waals surface area contributed by atoms with Crippen molar-refractivity contribution in [2.75, 3.05) is 18.1 Å². The van der Waals surface area contributed by atoms with Crippen LogP contribution in [0.2, 0.25) is 0 Å². The lowest BCUT2D eigenvalue weighted by Gasteiger charge is -2.05. The predicted octanol–water partition coefficient (Wildman–Crippen LogP) is 0.860. The topological polar surface area (TPSA) is 77.2 Å². The van der Waals surface area contributed by atoms with Crippen molar-refractivity contribution >= 4 is 15.6 Å². The molecule has 0 saturated heterocycles. The molecule has 0 spiro atoms. The highest BCUT2D eigenvalue weighted by atomic mass is 32.2. The average molecular weight is 255 g/mol. The molecule has 0 atom stereocenters. The van der Waals surface area contributed by atoms with E-state index in [1.807, 2.05) is 19.9 Å². The van der Waals surface area contributed by atoms with E-state index in [1.54, 1.807) is 12.1 Å². The van der Waals surface area contributed by atoms with Crippen LogP contribution in [0.25, 0.3) is 0 Å². The Labute approximate surface area is 102 Å². The summed E-state index contributed by atoms with van der Waals surface area (Å²) in [5, 5.41) is 0. The summed E-state index contributed by atoms with van der Waals surface area (Å²) in [5.41, 5.74) is 7.68. The molecule has 0 aliphatic heterocycles. The first-order chi connectivity index (χ1) is 7.85. The quantitative estimate of drug-likeness (QED) is 0.792. The van der Waals surface area contributed by atoms with E-state index >= 15 is 0 Å². The summed E-state index contributed by atoms with van der Waals surface area (Å²) in [7, 11) is -3.38. The molecule has 0 bridgehead atoms. The molecule has 1 aromatic carbocycles. The summed E-state index contributed by atoms with van der Waals surface area (Å²) < 4.78 is 22.9. The summed E-state index contributed by atoms with van der Waals surface area (Å²) in [6.07, 6.45) is 0. The van der Waals surface area contributed by atoms with Crippen LogP contribution < -0.4 is 5.73 Å². The number of benzene rings is 1. The number of hydrogen-bond donors (Lipinski definition) is 1. The van der Waals surface area contributed by atoms with E-state index in [-0.39, 0.29) is 18.1 Å². The van der Waals surface area contributed by atoms with Gasteiger partial charge >= 0.3 is 0 Å². The standard InChI is InChI=1S/C12H17NO3S/c1-9-3-4-11(7-10(9)2)12(14)8-17(15,16)6-5-13/h3-4,7H,5-6,8,13H2,1-2H3. The second-order valence-corrected chi connectivity index (χ2v) is 6.29. The Bertz CT molecular complexity index is 521. The minimum absolute atomic E-state index is 0.0442. The molecule has 0 unspecified atom stereocenters. The van der Waals surface area contributed by atoms with Crippen LogP contribution in [-0.2, 0) is 9.84 Å². The molecule has 4 nitrogen and oxygen atoms in total. The van der Waals surface area contributed by atoms with Gasteiger partial charge in [0.05, 0.1) is 5.75 Å². The van der Waals surface area contributed by atoms with E-state index in [0.29, 0.717) is 5.56 Å². The molecule has 94 valence electrons. The highest BCUT2D eigenvalue weighted by Crippen LogP contribution is 2.11. The summed E-state index contributed by atoms with van der Waals surface area (Å²) in [6, 6.07) is 5.19. The van der Waals surface area contributed by atoms with Crippen molar-refractivity contribution in [3.8, 4) is 0 Å². The number of nitrogens with two attached hydrogens (primary N) is 1. The molecule has 0 aliphatic carbocycles. The smallest absolute Gasteiger partial charge is 0.177 e. The van der Waals surface area contributed by atoms with E-state index in [2.05, 4.69) is 0 Å². The van der Waals surface area contributed by atoms with Crippen molar-refractivity contribution in [1.29, 1.82) is 0 Å². The maximum atomic E-state index is 11.8. The molecular weight excluding hydrogens is 238 g/mol. The van der Waals surface area contributed by atoms with Gasteiger partial charge in [-0.15, -0.1) is 0 Å². The molecule has 0 saturated carbocycles. The van der Waals surface area contributed by atoms with Crippen molar-refractivity contribution in [3.63, 3.8) is 0 Å². The average Bonchev–Trinajstić information content (AvgIpc) is 2.21. The van der Waals surface area contributed by atoms with Gasteiger partial charge in [-0.3, -0.25) is 4.79 Å². The van der Waals surface area contributed by atoms with E-state index in [0.717, 1.165) is 11.1 Å². The number of hydrogen-bond acceptors (Lipinski definition) is 4. The third-order valence-electron chi connectivity index (χ3n) is 2.61. The first kappa shape index (κ1) is 13.9. The SMILES string of the molecule is Cc1ccc(C(=O)CS(=O)(=O)CCN)cc1C. The monoisotopic (exact) mass is 255 g/mol. The van der Waals surface area contributed by atoms with Crippen LogP contribution in [0.15, 0.2) is 18.2 Å². The van der Waals surface area contributed by atoms with E-state index in [4.69, 9.17) is 5.73 Å². The Kier molecular flexibility index (Phi) is 4.42. The van der Waals surface area contributed by atoms with E-state index in [1.165, 1.54) is 0 Å². The van der Waals surface area contributed by atoms with Gasteiger partial charge < -0.3 is 5.73 Å². The summed E-state index contributed by atoms with van der Waals surface area (Å²) in [5.74, 6) is -0.988. The van der Waals surface area contributed by atoms with Gasteiger partial charge in [-0.2, -0.15) is 0 Å². The highest BCUT2D eigenvalue weighted by molar-refractivity contribution is 7.92. The zero-order valence-electron chi connectivity index (χ0n) is 10.1. The summed E-state index contributed by atoms with van der Waals surface area (Å²) in [6.45, 7) is 3.87. The normalized spacial score (nSPS) is 11.5. The first-order valence-electron chi connectivity index (χ1n) is 5.36. The fraction of sp³-hybridized carbons (Fsp3) is 0.417. The number of sulfone groups is 1. The Morgan fingerprint density at radius 3 is 2.41 bits per heavy atom. The molecule has 5 heteroatoms. The largest absolute Gasteiger partial charge is 0.329 e. The third kappa shape index (κ3) is 3.94. The highest BCUT2D eigenvalue weighted by Gasteiger charge is 2.17. The van der Waals surface area contributed by atoms with Crippen LogP contribution in [0.5, 0.6) is 0 Å². The number of rotatable bonds is 5. The number of Topliss-reactive ketones (excluding diaryl/α,β-unsaturated/α-hetero) is 1. The zero-order chi connectivity index (χ0) is 13.1. The molecule has 0 aromatic heterocycles. The maximum absolute atomic E-state index is 11.8. The van der Waals surface area contributed by atoms with Crippen LogP contribution in [0.1, 0.15) is 21.5 Å². The Hall–Kier alpha value is -1.20. The minimum Gasteiger partial charge on any atom is -0.329 e. The molecule has 0 fully saturated rings. The van der Waals surface area contributed by atoms with Gasteiger partial charge in [0.25, 0.3) is 0 Å². The number of carbonyl (C=O) groups excluding carboxylic acids is 1. The van der Waals surface area contributed by atoms with Gasteiger partial charge in [-0.25, -0.2) is 8.42 Å². The van der Waals surface area contributed by atoms with Crippen molar-refractivity contribution in [2.24, 2.45) is 5.73 Å². The van der Waals surface area contributed by atoms with Crippen LogP contribution in [0.3, 0.4) is 0 Å². The minimum atomic E-state index is -3.38. The van der Waals surface area contributed by atoms with Gasteiger partial charge in [0.2, 0.25) is 0 Å². The molecule has 0 radical (unpaired) electrons. The fourth-order valence-electron chi connectivity index (χ4n) is 1.45. The molecule has 2 N–H and O–H groups in total. The van der Waals surface area contributed by atoms with Gasteiger partial charge in [-0.05, 0) is 31.0 Å². The first-order valence-corrected chi connectivity index (χ1v) is 7.19. The Balaban J connectivity index is 2.87. The van der Waals surface area contributed by atoms with Gasteiger partial charge in [0.1, 0.15) is 5.75 Å². The molecule has 0 aliphatic rings. The van der Waals surface area contributed by atoms with E-state index in [9.17, 15) is 13.2 Å². The third-order valence-corrected chi connectivity index (χ3v) is 4.17. The lowest BCUT2D eigenvalue weighted by atomic mass is 10.0. The van der Waals surface area contributed by atoms with Crippen LogP contribution in [-0.4, -0.2) is 32.3 Å². The number of ketones is 1. The zero-order valence-corrected chi connectivity index (χ0v) is 10.9. The van der Waals surface area contributed by atoms with Crippen LogP contribution in [0, 0.1) is 13.8 Å². The Morgan fingerprint density at radius 1 is 1.24 bits per heavy atom. The predicted molar refractivity (Wildman–Crippen MR) is 68.0 cm³/mol. The van der Waals surface area contributed by atoms with Crippen LogP contribution in [0.4, 0.5) is 0 Å². The number of carbonyl (C=O) groups is 1. The van der Waals surface area contributed by atoms with Gasteiger partial charge in [0, 0.05) is 12.1 Å². The number of aryl methyl sites for hydroxylation is 2. The van der Waals surface area contributed by atoms with Crippen molar-refractivity contribution < 1.29 is 13.2 Å². The summed E-state index contributed by atoms with van der Waals surface area (Å²) >= 11 is 0. The second-order valence-electron chi connectivity index (χ2n) is 4.10. The van der Waals surface area contributed by atoms with Gasteiger partial charge in [-0.1, -0.05) is 12.1 Å². The fourth-order valence-corrected chi connectivity index (χ4v) is 2.52.